The number of halogens is 1. The highest BCUT2D eigenvalue weighted by Gasteiger charge is 2.15. The topological polar surface area (TPSA) is 54.9 Å². The van der Waals surface area contributed by atoms with Gasteiger partial charge in [-0.05, 0) is 13.3 Å². The number of hydrogen-bond donors (Lipinski definition) is 1. The Morgan fingerprint density at radius 2 is 2.19 bits per heavy atom. The first-order valence-electron chi connectivity index (χ1n) is 5.33. The fraction of sp³-hybridized carbons (Fsp3) is 0.700. The van der Waals surface area contributed by atoms with Gasteiger partial charge in [0.2, 0.25) is 11.0 Å². The SMILES string of the molecule is CCC[C@H](C)c1nnc(NC(=O)[C@@H](C)Cl)s1. The smallest absolute Gasteiger partial charge is 0.243 e. The maximum absolute atomic E-state index is 11.3. The molecule has 0 aliphatic heterocycles. The van der Waals surface area contributed by atoms with Gasteiger partial charge in [0.05, 0.1) is 0 Å². The highest BCUT2D eigenvalue weighted by molar-refractivity contribution is 7.15. The average Bonchev–Trinajstić information content (AvgIpc) is 2.66. The fourth-order valence-corrected chi connectivity index (χ4v) is 2.13. The van der Waals surface area contributed by atoms with E-state index in [1.165, 1.54) is 11.3 Å². The Balaban J connectivity index is 2.61. The molecule has 2 atom stereocenters. The van der Waals surface area contributed by atoms with E-state index in [0.717, 1.165) is 17.8 Å². The molecule has 1 aromatic rings. The summed E-state index contributed by atoms with van der Waals surface area (Å²) in [5, 5.41) is 11.5. The summed E-state index contributed by atoms with van der Waals surface area (Å²) < 4.78 is 0. The van der Waals surface area contributed by atoms with Crippen molar-refractivity contribution in [2.75, 3.05) is 5.32 Å². The van der Waals surface area contributed by atoms with E-state index in [4.69, 9.17) is 11.6 Å². The summed E-state index contributed by atoms with van der Waals surface area (Å²) in [6.07, 6.45) is 2.19. The lowest BCUT2D eigenvalue weighted by atomic mass is 10.1. The number of amides is 1. The van der Waals surface area contributed by atoms with Gasteiger partial charge in [-0.2, -0.15) is 0 Å². The highest BCUT2D eigenvalue weighted by atomic mass is 35.5. The number of nitrogens with zero attached hydrogens (tertiary/aromatic N) is 2. The molecule has 0 bridgehead atoms. The number of rotatable bonds is 5. The van der Waals surface area contributed by atoms with Gasteiger partial charge in [0.1, 0.15) is 10.4 Å². The van der Waals surface area contributed by atoms with Gasteiger partial charge in [-0.1, -0.05) is 31.6 Å². The van der Waals surface area contributed by atoms with Crippen LogP contribution < -0.4 is 5.32 Å². The van der Waals surface area contributed by atoms with E-state index in [2.05, 4.69) is 29.4 Å². The van der Waals surface area contributed by atoms with Crippen LogP contribution >= 0.6 is 22.9 Å². The average molecular weight is 262 g/mol. The summed E-state index contributed by atoms with van der Waals surface area (Å²) in [5.41, 5.74) is 0. The Bertz CT molecular complexity index is 354. The fourth-order valence-electron chi connectivity index (χ4n) is 1.25. The number of nitrogens with one attached hydrogen (secondary N) is 1. The summed E-state index contributed by atoms with van der Waals surface area (Å²) in [6, 6.07) is 0. The van der Waals surface area contributed by atoms with Crippen LogP contribution in [0, 0.1) is 0 Å². The third-order valence-corrected chi connectivity index (χ3v) is 3.44. The van der Waals surface area contributed by atoms with Crippen molar-refractivity contribution < 1.29 is 4.79 Å². The number of hydrogen-bond acceptors (Lipinski definition) is 4. The lowest BCUT2D eigenvalue weighted by molar-refractivity contribution is -0.115. The summed E-state index contributed by atoms with van der Waals surface area (Å²) in [4.78, 5) is 11.3. The summed E-state index contributed by atoms with van der Waals surface area (Å²) >= 11 is 7.06. The molecule has 0 fully saturated rings. The molecule has 1 aromatic heterocycles. The van der Waals surface area contributed by atoms with Gasteiger partial charge in [-0.15, -0.1) is 21.8 Å². The summed E-state index contributed by atoms with van der Waals surface area (Å²) in [6.45, 7) is 5.87. The first kappa shape index (κ1) is 13.4. The van der Waals surface area contributed by atoms with Crippen LogP contribution in [0.5, 0.6) is 0 Å². The molecule has 0 unspecified atom stereocenters. The van der Waals surface area contributed by atoms with E-state index in [9.17, 15) is 4.79 Å². The van der Waals surface area contributed by atoms with Crippen molar-refractivity contribution >= 4 is 34.0 Å². The maximum atomic E-state index is 11.3. The number of alkyl halides is 1. The minimum Gasteiger partial charge on any atom is -0.299 e. The minimum atomic E-state index is -0.555. The van der Waals surface area contributed by atoms with E-state index >= 15 is 0 Å². The van der Waals surface area contributed by atoms with Crippen LogP contribution in [0.1, 0.15) is 44.5 Å². The zero-order valence-corrected chi connectivity index (χ0v) is 11.2. The molecular formula is C10H16ClN3OS. The van der Waals surface area contributed by atoms with Crippen molar-refractivity contribution in [2.45, 2.75) is 44.9 Å². The predicted molar refractivity (Wildman–Crippen MR) is 67.2 cm³/mol. The third kappa shape index (κ3) is 3.72. The van der Waals surface area contributed by atoms with Crippen molar-refractivity contribution in [3.63, 3.8) is 0 Å². The molecule has 1 amide bonds. The number of carbonyl (C=O) groups is 1. The zero-order valence-electron chi connectivity index (χ0n) is 9.66. The van der Waals surface area contributed by atoms with Crippen LogP contribution in [0.25, 0.3) is 0 Å². The molecule has 4 nitrogen and oxygen atoms in total. The summed E-state index contributed by atoms with van der Waals surface area (Å²) in [7, 11) is 0. The normalized spacial score (nSPS) is 14.5. The van der Waals surface area contributed by atoms with Crippen LogP contribution in [0.4, 0.5) is 5.13 Å². The predicted octanol–water partition coefficient (Wildman–Crippen LogP) is 3.01. The van der Waals surface area contributed by atoms with E-state index in [1.54, 1.807) is 6.92 Å². The van der Waals surface area contributed by atoms with Gasteiger partial charge >= 0.3 is 0 Å². The molecule has 1 heterocycles. The molecule has 1 rings (SSSR count). The van der Waals surface area contributed by atoms with Gasteiger partial charge in [0.15, 0.2) is 0 Å². The number of aromatic nitrogens is 2. The second kappa shape index (κ2) is 6.15. The second-order valence-corrected chi connectivity index (χ2v) is 5.40. The lowest BCUT2D eigenvalue weighted by Gasteiger charge is -2.03. The van der Waals surface area contributed by atoms with Crippen LogP contribution in [-0.4, -0.2) is 21.5 Å². The molecule has 0 saturated heterocycles. The minimum absolute atomic E-state index is 0.243. The Morgan fingerprint density at radius 3 is 2.75 bits per heavy atom. The largest absolute Gasteiger partial charge is 0.299 e. The molecule has 16 heavy (non-hydrogen) atoms. The molecular weight excluding hydrogens is 246 g/mol. The first-order valence-corrected chi connectivity index (χ1v) is 6.58. The van der Waals surface area contributed by atoms with Gasteiger partial charge in [0, 0.05) is 5.92 Å². The van der Waals surface area contributed by atoms with Gasteiger partial charge < -0.3 is 0 Å². The number of carbonyl (C=O) groups excluding carboxylic acids is 1. The molecule has 1 N–H and O–H groups in total. The van der Waals surface area contributed by atoms with Crippen molar-refractivity contribution in [2.24, 2.45) is 0 Å². The van der Waals surface area contributed by atoms with E-state index in [-0.39, 0.29) is 5.91 Å². The van der Waals surface area contributed by atoms with Crippen LogP contribution in [0.2, 0.25) is 0 Å². The number of anilines is 1. The maximum Gasteiger partial charge on any atom is 0.243 e. The summed E-state index contributed by atoms with van der Waals surface area (Å²) in [5.74, 6) is 0.147. The highest BCUT2D eigenvalue weighted by Crippen LogP contribution is 2.26. The molecule has 0 saturated carbocycles. The molecule has 0 radical (unpaired) electrons. The lowest BCUT2D eigenvalue weighted by Crippen LogP contribution is -2.20. The van der Waals surface area contributed by atoms with E-state index in [0.29, 0.717) is 11.0 Å². The van der Waals surface area contributed by atoms with Gasteiger partial charge in [-0.25, -0.2) is 0 Å². The standard InChI is InChI=1S/C10H16ClN3OS/c1-4-5-6(2)9-13-14-10(16-9)12-8(15)7(3)11/h6-7H,4-5H2,1-3H3,(H,12,14,15)/t6-,7+/m0/s1. The quantitative estimate of drug-likeness (QED) is 0.829. The van der Waals surface area contributed by atoms with Crippen LogP contribution in [-0.2, 0) is 4.79 Å². The molecule has 90 valence electrons. The molecule has 0 spiro atoms. The van der Waals surface area contributed by atoms with Crippen molar-refractivity contribution in [3.8, 4) is 0 Å². The van der Waals surface area contributed by atoms with Crippen molar-refractivity contribution in [3.05, 3.63) is 5.01 Å². The van der Waals surface area contributed by atoms with Gasteiger partial charge in [-0.3, -0.25) is 10.1 Å². The third-order valence-electron chi connectivity index (χ3n) is 2.18. The molecule has 0 aliphatic rings. The van der Waals surface area contributed by atoms with E-state index in [1.807, 2.05) is 0 Å². The van der Waals surface area contributed by atoms with E-state index < -0.39 is 5.38 Å². The monoisotopic (exact) mass is 261 g/mol. The Labute approximate surface area is 104 Å². The van der Waals surface area contributed by atoms with Crippen molar-refractivity contribution in [1.82, 2.24) is 10.2 Å². The molecule has 0 aliphatic carbocycles. The van der Waals surface area contributed by atoms with Crippen LogP contribution in [0.15, 0.2) is 0 Å². The Kier molecular flexibility index (Phi) is 5.15. The Hall–Kier alpha value is -0.680. The van der Waals surface area contributed by atoms with Gasteiger partial charge in [0.25, 0.3) is 0 Å². The van der Waals surface area contributed by atoms with Crippen LogP contribution in [0.3, 0.4) is 0 Å². The molecule has 0 aromatic carbocycles. The van der Waals surface area contributed by atoms with Crippen molar-refractivity contribution in [1.29, 1.82) is 0 Å². The first-order chi connectivity index (χ1) is 7.54. The molecule has 6 heteroatoms. The Morgan fingerprint density at radius 1 is 1.50 bits per heavy atom. The zero-order chi connectivity index (χ0) is 12.1. The second-order valence-electron chi connectivity index (χ2n) is 3.74.